The summed E-state index contributed by atoms with van der Waals surface area (Å²) in [7, 11) is 0. The van der Waals surface area contributed by atoms with Crippen molar-refractivity contribution in [2.45, 2.75) is 57.5 Å². The molecule has 172 valence electrons. The van der Waals surface area contributed by atoms with Gasteiger partial charge in [0.2, 0.25) is 0 Å². The van der Waals surface area contributed by atoms with Gasteiger partial charge in [-0.2, -0.15) is 18.4 Å². The topological polar surface area (TPSA) is 70.1 Å². The first-order valence-corrected chi connectivity index (χ1v) is 11.5. The van der Waals surface area contributed by atoms with E-state index in [2.05, 4.69) is 26.8 Å². The molecule has 0 saturated heterocycles. The van der Waals surface area contributed by atoms with E-state index in [0.29, 0.717) is 30.5 Å². The lowest BCUT2D eigenvalue weighted by Gasteiger charge is -2.40. The molecule has 1 unspecified atom stereocenters. The third-order valence-electron chi connectivity index (χ3n) is 6.01. The Balaban J connectivity index is 1.97. The average molecular weight is 472 g/mol. The molecule has 4 nitrogen and oxygen atoms in total. The van der Waals surface area contributed by atoms with Gasteiger partial charge < -0.3 is 5.73 Å². The van der Waals surface area contributed by atoms with Gasteiger partial charge in [-0.3, -0.25) is 9.69 Å². The first-order chi connectivity index (χ1) is 15.4. The summed E-state index contributed by atoms with van der Waals surface area (Å²) in [5.74, 6) is -0.881. The predicted molar refractivity (Wildman–Crippen MR) is 122 cm³/mol. The number of thiophene rings is 1. The molecule has 0 fully saturated rings. The summed E-state index contributed by atoms with van der Waals surface area (Å²) in [5.41, 5.74) is 6.21. The number of carbonyl (C=O) groups is 1. The molecule has 2 N–H and O–H groups in total. The van der Waals surface area contributed by atoms with Gasteiger partial charge in [-0.25, -0.2) is 0 Å². The van der Waals surface area contributed by atoms with Crippen molar-refractivity contribution in [1.82, 2.24) is 0 Å². The SMILES string of the molecule is CC(C)(C)c1ccc(C2C(C#N)=C(N)N(c3ccccc3C(F)(F)F)C3=C2C(=O)CCC3)s1. The highest BCUT2D eigenvalue weighted by atomic mass is 32.1. The number of anilines is 1. The minimum atomic E-state index is -4.62. The molecular weight excluding hydrogens is 447 g/mol. The monoisotopic (exact) mass is 471 g/mol. The zero-order valence-electron chi connectivity index (χ0n) is 18.6. The standard InChI is InChI=1S/C25H24F3N3OS/c1-24(2,3)20-12-11-19(33-20)21-14(13-29)23(30)31(17-9-6-10-18(32)22(17)21)16-8-5-4-7-15(16)25(26,27)28/h4-5,7-8,11-12,21H,6,9-10,30H2,1-3H3. The van der Waals surface area contributed by atoms with Gasteiger partial charge in [-0.05, 0) is 42.5 Å². The van der Waals surface area contributed by atoms with Crippen LogP contribution < -0.4 is 10.6 Å². The van der Waals surface area contributed by atoms with Gasteiger partial charge in [0.25, 0.3) is 0 Å². The Kier molecular flexibility index (Phi) is 5.65. The summed E-state index contributed by atoms with van der Waals surface area (Å²) in [4.78, 5) is 16.3. The summed E-state index contributed by atoms with van der Waals surface area (Å²) in [5, 5.41) is 10.1. The minimum Gasteiger partial charge on any atom is -0.384 e. The second-order valence-electron chi connectivity index (χ2n) is 9.28. The maximum atomic E-state index is 13.8. The van der Waals surface area contributed by atoms with Crippen LogP contribution in [0.2, 0.25) is 0 Å². The van der Waals surface area contributed by atoms with Crippen LogP contribution in [0.1, 0.15) is 61.3 Å². The molecule has 0 amide bonds. The number of benzene rings is 1. The molecule has 33 heavy (non-hydrogen) atoms. The van der Waals surface area contributed by atoms with Crippen molar-refractivity contribution in [2.24, 2.45) is 5.73 Å². The first-order valence-electron chi connectivity index (χ1n) is 10.7. The van der Waals surface area contributed by atoms with Crippen LogP contribution in [0, 0.1) is 11.3 Å². The van der Waals surface area contributed by atoms with Crippen molar-refractivity contribution in [3.63, 3.8) is 0 Å². The molecule has 1 aliphatic heterocycles. The number of nitrogens with zero attached hydrogens (tertiary/aromatic N) is 2. The Labute approximate surface area is 194 Å². The molecular formula is C25H24F3N3OS. The second-order valence-corrected chi connectivity index (χ2v) is 10.4. The van der Waals surface area contributed by atoms with Gasteiger partial charge in [-0.15, -0.1) is 11.3 Å². The number of carbonyl (C=O) groups excluding carboxylic acids is 1. The first kappa shape index (κ1) is 23.1. The number of Topliss-reactive ketones (excluding diaryl/α,β-unsaturated/α-hetero) is 1. The van der Waals surface area contributed by atoms with E-state index in [1.54, 1.807) is 0 Å². The zero-order chi connectivity index (χ0) is 24.1. The summed E-state index contributed by atoms with van der Waals surface area (Å²) in [6.45, 7) is 6.22. The molecule has 1 aromatic carbocycles. The highest BCUT2D eigenvalue weighted by molar-refractivity contribution is 7.12. The van der Waals surface area contributed by atoms with Crippen molar-refractivity contribution in [2.75, 3.05) is 4.90 Å². The molecule has 2 aromatic rings. The molecule has 2 aliphatic rings. The normalized spacial score (nSPS) is 19.6. The van der Waals surface area contributed by atoms with E-state index in [1.807, 2.05) is 12.1 Å². The lowest BCUT2D eigenvalue weighted by molar-refractivity contribution is -0.137. The van der Waals surface area contributed by atoms with Crippen molar-refractivity contribution in [3.05, 3.63) is 74.4 Å². The third kappa shape index (κ3) is 3.95. The number of ketones is 1. The van der Waals surface area contributed by atoms with Crippen LogP contribution in [-0.2, 0) is 16.4 Å². The number of alkyl halides is 3. The molecule has 8 heteroatoms. The summed E-state index contributed by atoms with van der Waals surface area (Å²) in [6, 6.07) is 11.1. The summed E-state index contributed by atoms with van der Waals surface area (Å²) >= 11 is 1.50. The van der Waals surface area contributed by atoms with Gasteiger partial charge >= 0.3 is 6.18 Å². The lowest BCUT2D eigenvalue weighted by atomic mass is 9.78. The number of rotatable bonds is 2. The smallest absolute Gasteiger partial charge is 0.384 e. The number of hydrogen-bond donors (Lipinski definition) is 1. The number of nitriles is 1. The Morgan fingerprint density at radius 3 is 2.42 bits per heavy atom. The van der Waals surface area contributed by atoms with Crippen LogP contribution in [0.3, 0.4) is 0 Å². The van der Waals surface area contributed by atoms with E-state index < -0.39 is 17.7 Å². The Bertz CT molecular complexity index is 1220. The fourth-order valence-electron chi connectivity index (χ4n) is 4.47. The molecule has 0 spiro atoms. The van der Waals surface area contributed by atoms with Gasteiger partial charge in [0.1, 0.15) is 5.82 Å². The van der Waals surface area contributed by atoms with Crippen LogP contribution in [0.25, 0.3) is 0 Å². The fourth-order valence-corrected chi connectivity index (χ4v) is 5.65. The van der Waals surface area contributed by atoms with Crippen LogP contribution >= 0.6 is 11.3 Å². The number of allylic oxidation sites excluding steroid dienone is 3. The van der Waals surface area contributed by atoms with Crippen molar-refractivity contribution < 1.29 is 18.0 Å². The Morgan fingerprint density at radius 1 is 1.12 bits per heavy atom. The van der Waals surface area contributed by atoms with E-state index >= 15 is 0 Å². The zero-order valence-corrected chi connectivity index (χ0v) is 19.4. The highest BCUT2D eigenvalue weighted by Gasteiger charge is 2.43. The average Bonchev–Trinajstić information content (AvgIpc) is 3.23. The maximum absolute atomic E-state index is 13.8. The van der Waals surface area contributed by atoms with E-state index in [-0.39, 0.29) is 28.3 Å². The van der Waals surface area contributed by atoms with Gasteiger partial charge in [0.15, 0.2) is 5.78 Å². The van der Waals surface area contributed by atoms with E-state index in [0.717, 1.165) is 15.8 Å². The Morgan fingerprint density at radius 2 is 1.82 bits per heavy atom. The number of para-hydroxylation sites is 1. The molecule has 1 aliphatic carbocycles. The number of hydrogen-bond acceptors (Lipinski definition) is 5. The molecule has 0 saturated carbocycles. The van der Waals surface area contributed by atoms with Gasteiger partial charge in [-0.1, -0.05) is 32.9 Å². The third-order valence-corrected chi connectivity index (χ3v) is 7.59. The van der Waals surface area contributed by atoms with Crippen molar-refractivity contribution in [3.8, 4) is 6.07 Å². The minimum absolute atomic E-state index is 0.0571. The Hall–Kier alpha value is -3.05. The molecule has 4 rings (SSSR count). The summed E-state index contributed by atoms with van der Waals surface area (Å²) < 4.78 is 41.5. The van der Waals surface area contributed by atoms with Crippen LogP contribution in [0.4, 0.5) is 18.9 Å². The van der Waals surface area contributed by atoms with Crippen molar-refractivity contribution >= 4 is 22.8 Å². The lowest BCUT2D eigenvalue weighted by Crippen LogP contribution is -2.39. The van der Waals surface area contributed by atoms with E-state index in [4.69, 9.17) is 5.73 Å². The summed E-state index contributed by atoms with van der Waals surface area (Å²) in [6.07, 6.45) is -3.40. The molecule has 1 aromatic heterocycles. The van der Waals surface area contributed by atoms with Gasteiger partial charge in [0.05, 0.1) is 28.8 Å². The van der Waals surface area contributed by atoms with Crippen LogP contribution in [-0.4, -0.2) is 5.78 Å². The second kappa shape index (κ2) is 8.07. The quantitative estimate of drug-likeness (QED) is 0.553. The largest absolute Gasteiger partial charge is 0.418 e. The number of halogens is 3. The molecule has 2 heterocycles. The highest BCUT2D eigenvalue weighted by Crippen LogP contribution is 2.50. The predicted octanol–water partition coefficient (Wildman–Crippen LogP) is 6.37. The van der Waals surface area contributed by atoms with Crippen molar-refractivity contribution in [1.29, 1.82) is 5.26 Å². The van der Waals surface area contributed by atoms with Gasteiger partial charge in [0, 0.05) is 27.4 Å². The maximum Gasteiger partial charge on any atom is 0.418 e. The van der Waals surface area contributed by atoms with Crippen LogP contribution in [0.15, 0.2) is 59.1 Å². The van der Waals surface area contributed by atoms with E-state index in [9.17, 15) is 23.2 Å². The van der Waals surface area contributed by atoms with E-state index in [1.165, 1.54) is 34.4 Å². The fraction of sp³-hybridized carbons (Fsp3) is 0.360. The number of nitrogens with two attached hydrogens (primary N) is 1. The molecule has 0 radical (unpaired) electrons. The molecule has 1 atom stereocenters. The molecule has 0 bridgehead atoms. The van der Waals surface area contributed by atoms with Crippen LogP contribution in [0.5, 0.6) is 0 Å².